The van der Waals surface area contributed by atoms with Crippen molar-refractivity contribution in [3.05, 3.63) is 53.6 Å². The second-order valence-corrected chi connectivity index (χ2v) is 12.9. The molecule has 1 heterocycles. The smallest absolute Gasteiger partial charge is 0.256 e. The van der Waals surface area contributed by atoms with Gasteiger partial charge in [-0.1, -0.05) is 38.8 Å². The molecule has 1 aliphatic heterocycles. The first kappa shape index (κ1) is 32.9. The first-order chi connectivity index (χ1) is 19.3. The fraction of sp³-hybridized carbons (Fsp3) is 0.552. The van der Waals surface area contributed by atoms with Gasteiger partial charge < -0.3 is 35.7 Å². The summed E-state index contributed by atoms with van der Waals surface area (Å²) in [4.78, 5) is 14.8. The van der Waals surface area contributed by atoms with Crippen molar-refractivity contribution in [2.24, 2.45) is 0 Å². The van der Waals surface area contributed by atoms with Crippen LogP contribution in [0.25, 0.3) is 0 Å². The number of nitrogens with zero attached hydrogens (tertiary/aromatic N) is 1. The molecule has 0 saturated carbocycles. The minimum atomic E-state index is -3.65. The predicted octanol–water partition coefficient (Wildman–Crippen LogP) is 0.932. The Hall–Kier alpha value is -2.58. The lowest BCUT2D eigenvalue weighted by atomic mass is 9.88. The van der Waals surface area contributed by atoms with E-state index in [-0.39, 0.29) is 16.3 Å². The monoisotopic (exact) mass is 593 g/mol. The van der Waals surface area contributed by atoms with Crippen molar-refractivity contribution in [3.63, 3.8) is 0 Å². The zero-order valence-corrected chi connectivity index (χ0v) is 24.8. The number of carbonyl (C=O) groups is 1. The van der Waals surface area contributed by atoms with Crippen LogP contribution in [-0.4, -0.2) is 96.3 Å². The summed E-state index contributed by atoms with van der Waals surface area (Å²) in [6.07, 6.45) is -4.84. The highest BCUT2D eigenvalue weighted by Crippen LogP contribution is 2.40. The van der Waals surface area contributed by atoms with E-state index in [0.717, 1.165) is 18.5 Å². The van der Waals surface area contributed by atoms with Gasteiger partial charge in [-0.05, 0) is 54.3 Å². The van der Waals surface area contributed by atoms with E-state index >= 15 is 0 Å². The van der Waals surface area contributed by atoms with Crippen LogP contribution in [0.4, 0.5) is 11.4 Å². The quantitative estimate of drug-likeness (QED) is 0.187. The largest absolute Gasteiger partial charge is 0.394 e. The number of rotatable bonds is 12. The van der Waals surface area contributed by atoms with Crippen molar-refractivity contribution in [2.75, 3.05) is 36.7 Å². The van der Waals surface area contributed by atoms with Crippen LogP contribution in [0.15, 0.2) is 47.4 Å². The van der Waals surface area contributed by atoms with Gasteiger partial charge in [0, 0.05) is 31.0 Å². The number of fused-ring (bicyclic) bond motifs is 1. The first-order valence-electron chi connectivity index (χ1n) is 13.8. The molecule has 228 valence electrons. The van der Waals surface area contributed by atoms with Crippen molar-refractivity contribution >= 4 is 27.1 Å². The maximum absolute atomic E-state index is 13.7. The molecule has 3 rings (SSSR count). The molecule has 11 nitrogen and oxygen atoms in total. The van der Waals surface area contributed by atoms with E-state index < -0.39 is 58.3 Å². The standard InChI is InChI=1S/C29H43N3O8S/c1-5-7-13-29(6-2)17-41(39,40)23-12-11-20(32(3)4)15-21(23)24(31-29)18-9-8-10-19(14-18)30-28(38)27(37)26(36)25(35)22(34)16-33/h8-12,14-15,22,24-27,31,33-37H,5-7,13,16-17H2,1-4H3,(H,30,38)/t22-,24-,25-,26+,27-,29-/m1/s1. The molecule has 0 bridgehead atoms. The summed E-state index contributed by atoms with van der Waals surface area (Å²) < 4.78 is 27.5. The first-order valence-corrected chi connectivity index (χ1v) is 15.5. The molecule has 12 heteroatoms. The normalized spacial score (nSPS) is 23.0. The molecular formula is C29H43N3O8S. The van der Waals surface area contributed by atoms with E-state index in [0.29, 0.717) is 24.0 Å². The average Bonchev–Trinajstić information content (AvgIpc) is 3.06. The molecule has 0 saturated heterocycles. The Labute approximate surface area is 241 Å². The number of hydrogen-bond acceptors (Lipinski definition) is 10. The molecule has 1 aliphatic rings. The molecule has 0 aliphatic carbocycles. The fourth-order valence-electron chi connectivity index (χ4n) is 5.18. The number of anilines is 2. The van der Waals surface area contributed by atoms with Gasteiger partial charge in [0.2, 0.25) is 0 Å². The van der Waals surface area contributed by atoms with Gasteiger partial charge in [0.05, 0.1) is 23.3 Å². The van der Waals surface area contributed by atoms with E-state index in [1.165, 1.54) is 0 Å². The molecule has 1 amide bonds. The van der Waals surface area contributed by atoms with Gasteiger partial charge in [-0.15, -0.1) is 0 Å². The number of aliphatic hydroxyl groups is 5. The van der Waals surface area contributed by atoms with Gasteiger partial charge >= 0.3 is 0 Å². The summed E-state index contributed by atoms with van der Waals surface area (Å²) in [6.45, 7) is 3.17. The Morgan fingerprint density at radius 1 is 1.10 bits per heavy atom. The average molecular weight is 594 g/mol. The van der Waals surface area contributed by atoms with Gasteiger partial charge in [-0.25, -0.2) is 8.42 Å². The van der Waals surface area contributed by atoms with Gasteiger partial charge in [0.15, 0.2) is 15.9 Å². The van der Waals surface area contributed by atoms with Crippen LogP contribution >= 0.6 is 0 Å². The van der Waals surface area contributed by atoms with Crippen LogP contribution in [-0.2, 0) is 14.6 Å². The minimum Gasteiger partial charge on any atom is -0.394 e. The topological polar surface area (TPSA) is 180 Å². The molecule has 0 aromatic heterocycles. The zero-order valence-electron chi connectivity index (χ0n) is 24.0. The van der Waals surface area contributed by atoms with Crippen molar-refractivity contribution in [1.29, 1.82) is 0 Å². The van der Waals surface area contributed by atoms with E-state index in [1.54, 1.807) is 30.3 Å². The third kappa shape index (κ3) is 7.44. The van der Waals surface area contributed by atoms with E-state index in [2.05, 4.69) is 17.6 Å². The molecule has 0 radical (unpaired) electrons. The number of sulfone groups is 1. The highest BCUT2D eigenvalue weighted by Gasteiger charge is 2.42. The van der Waals surface area contributed by atoms with Crippen molar-refractivity contribution in [3.8, 4) is 0 Å². The summed E-state index contributed by atoms with van der Waals surface area (Å²) in [6, 6.07) is 11.5. The number of amides is 1. The van der Waals surface area contributed by atoms with Crippen molar-refractivity contribution in [2.45, 2.75) is 80.4 Å². The van der Waals surface area contributed by atoms with Gasteiger partial charge in [-0.2, -0.15) is 0 Å². The Bertz CT molecular complexity index is 1300. The lowest BCUT2D eigenvalue weighted by Crippen LogP contribution is -2.50. The molecule has 0 unspecified atom stereocenters. The number of carbonyl (C=O) groups excluding carboxylic acids is 1. The Morgan fingerprint density at radius 2 is 1.80 bits per heavy atom. The second-order valence-electron chi connectivity index (χ2n) is 11.0. The number of aliphatic hydroxyl groups excluding tert-OH is 5. The molecule has 0 spiro atoms. The number of unbranched alkanes of at least 4 members (excludes halogenated alkanes) is 1. The summed E-state index contributed by atoms with van der Waals surface area (Å²) in [5.74, 6) is -1.08. The Kier molecular flexibility index (Phi) is 10.9. The summed E-state index contributed by atoms with van der Waals surface area (Å²) >= 11 is 0. The minimum absolute atomic E-state index is 0.0517. The third-order valence-corrected chi connectivity index (χ3v) is 9.74. The second kappa shape index (κ2) is 13.6. The van der Waals surface area contributed by atoms with Crippen LogP contribution in [0.5, 0.6) is 0 Å². The fourth-order valence-corrected chi connectivity index (χ4v) is 7.31. The van der Waals surface area contributed by atoms with Crippen molar-refractivity contribution in [1.82, 2.24) is 5.32 Å². The molecule has 2 aromatic rings. The number of benzene rings is 2. The van der Waals surface area contributed by atoms with Crippen LogP contribution in [0.3, 0.4) is 0 Å². The SMILES string of the molecule is CCCC[C@]1(CC)CS(=O)(=O)c2ccc(N(C)C)cc2[C@@H](c2cccc(NC(=O)[C@H](O)[C@@H](O)[C@H](O)[C@H](O)CO)c2)N1. The van der Waals surface area contributed by atoms with Crippen LogP contribution < -0.4 is 15.5 Å². The predicted molar refractivity (Wildman–Crippen MR) is 157 cm³/mol. The highest BCUT2D eigenvalue weighted by atomic mass is 32.2. The molecule has 6 atom stereocenters. The van der Waals surface area contributed by atoms with Crippen molar-refractivity contribution < 1.29 is 38.7 Å². The number of nitrogens with one attached hydrogen (secondary N) is 2. The Morgan fingerprint density at radius 3 is 2.41 bits per heavy atom. The molecule has 41 heavy (non-hydrogen) atoms. The Balaban J connectivity index is 2.05. The van der Waals surface area contributed by atoms with Gasteiger partial charge in [0.25, 0.3) is 5.91 Å². The highest BCUT2D eigenvalue weighted by molar-refractivity contribution is 7.91. The maximum Gasteiger partial charge on any atom is 0.256 e. The molecular weight excluding hydrogens is 550 g/mol. The van der Waals surface area contributed by atoms with E-state index in [4.69, 9.17) is 5.11 Å². The third-order valence-electron chi connectivity index (χ3n) is 7.77. The lowest BCUT2D eigenvalue weighted by Gasteiger charge is -2.36. The maximum atomic E-state index is 13.7. The molecule has 0 fully saturated rings. The van der Waals surface area contributed by atoms with Crippen LogP contribution in [0.1, 0.15) is 56.7 Å². The van der Waals surface area contributed by atoms with Crippen LogP contribution in [0.2, 0.25) is 0 Å². The van der Waals surface area contributed by atoms with Gasteiger partial charge in [0.1, 0.15) is 18.3 Å². The summed E-state index contributed by atoms with van der Waals surface area (Å²) in [7, 11) is 0.0957. The zero-order chi connectivity index (χ0) is 30.5. The summed E-state index contributed by atoms with van der Waals surface area (Å²) in [5.41, 5.74) is 1.67. The molecule has 7 N–H and O–H groups in total. The summed E-state index contributed by atoms with van der Waals surface area (Å²) in [5, 5.41) is 55.0. The molecule has 2 aromatic carbocycles. The van der Waals surface area contributed by atoms with Crippen LogP contribution in [0, 0.1) is 0 Å². The van der Waals surface area contributed by atoms with Gasteiger partial charge in [-0.3, -0.25) is 10.1 Å². The van der Waals surface area contributed by atoms with E-state index in [9.17, 15) is 33.6 Å². The number of hydrogen-bond donors (Lipinski definition) is 7. The lowest BCUT2D eigenvalue weighted by molar-refractivity contribution is -0.144. The van der Waals surface area contributed by atoms with E-state index in [1.807, 2.05) is 38.1 Å².